The first-order valence-electron chi connectivity index (χ1n) is 13.6. The molecule has 1 fully saturated rings. The van der Waals surface area contributed by atoms with Gasteiger partial charge in [0, 0.05) is 47.9 Å². The fraction of sp³-hybridized carbons (Fsp3) is 0.290. The molecular weight excluding hydrogens is 544 g/mol. The summed E-state index contributed by atoms with van der Waals surface area (Å²) in [5.74, 6) is 0.149. The predicted octanol–water partition coefficient (Wildman–Crippen LogP) is 6.00. The number of aromatic amines is 1. The molecule has 0 bridgehead atoms. The van der Waals surface area contributed by atoms with Gasteiger partial charge in [0.2, 0.25) is 5.91 Å². The van der Waals surface area contributed by atoms with Gasteiger partial charge in [-0.25, -0.2) is 0 Å². The van der Waals surface area contributed by atoms with E-state index in [0.29, 0.717) is 26.1 Å². The van der Waals surface area contributed by atoms with Crippen molar-refractivity contribution < 1.29 is 19.2 Å². The van der Waals surface area contributed by atoms with Crippen molar-refractivity contribution >= 4 is 40.0 Å². The molecule has 4 aromatic rings. The number of amides is 2. The maximum absolute atomic E-state index is 13.8. The first-order chi connectivity index (χ1) is 19.8. The molecule has 212 valence electrons. The third-order valence-corrected chi connectivity index (χ3v) is 7.55. The van der Waals surface area contributed by atoms with Crippen LogP contribution in [0.5, 0.6) is 5.75 Å². The van der Waals surface area contributed by atoms with E-state index in [0.717, 1.165) is 40.6 Å². The molecule has 0 aliphatic heterocycles. The van der Waals surface area contributed by atoms with Gasteiger partial charge in [0.05, 0.1) is 11.5 Å². The normalized spacial score (nSPS) is 12.7. The number of para-hydroxylation sites is 1. The van der Waals surface area contributed by atoms with Gasteiger partial charge in [0.1, 0.15) is 17.3 Å². The number of rotatable bonds is 12. The van der Waals surface area contributed by atoms with Crippen LogP contribution in [0.2, 0.25) is 5.02 Å². The number of carbonyl (C=O) groups is 2. The monoisotopic (exact) mass is 574 g/mol. The Labute approximate surface area is 242 Å². The van der Waals surface area contributed by atoms with E-state index in [1.807, 2.05) is 55.6 Å². The lowest BCUT2D eigenvalue weighted by Gasteiger charge is -2.28. The maximum atomic E-state index is 13.8. The van der Waals surface area contributed by atoms with Crippen LogP contribution in [0, 0.1) is 10.1 Å². The highest BCUT2D eigenvalue weighted by molar-refractivity contribution is 6.32. The lowest BCUT2D eigenvalue weighted by Crippen LogP contribution is -2.44. The number of nitrogens with one attached hydrogen (secondary N) is 1. The zero-order chi connectivity index (χ0) is 28.9. The maximum Gasteiger partial charge on any atom is 0.288 e. The molecule has 1 heterocycles. The number of halogens is 1. The Balaban J connectivity index is 1.36. The highest BCUT2D eigenvalue weighted by Crippen LogP contribution is 2.31. The molecule has 3 aromatic carbocycles. The molecule has 9 nitrogen and oxygen atoms in total. The number of nitro benzene ring substituents is 1. The fourth-order valence-electron chi connectivity index (χ4n) is 4.91. The smallest absolute Gasteiger partial charge is 0.288 e. The van der Waals surface area contributed by atoms with Crippen molar-refractivity contribution in [3.63, 3.8) is 0 Å². The molecule has 1 N–H and O–H groups in total. The minimum absolute atomic E-state index is 0.0422. The second-order valence-electron chi connectivity index (χ2n) is 10.1. The van der Waals surface area contributed by atoms with Gasteiger partial charge in [0.15, 0.2) is 0 Å². The number of nitro groups is 1. The van der Waals surface area contributed by atoms with Crippen molar-refractivity contribution in [1.29, 1.82) is 0 Å². The fourth-order valence-corrected chi connectivity index (χ4v) is 5.10. The van der Waals surface area contributed by atoms with E-state index < -0.39 is 10.8 Å². The first kappa shape index (κ1) is 28.2. The number of aromatic nitrogens is 1. The topological polar surface area (TPSA) is 109 Å². The Morgan fingerprint density at radius 1 is 1.10 bits per heavy atom. The van der Waals surface area contributed by atoms with Crippen LogP contribution in [-0.4, -0.2) is 57.3 Å². The summed E-state index contributed by atoms with van der Waals surface area (Å²) in [5.41, 5.74) is 2.88. The number of nitrogens with zero attached hydrogens (tertiary/aromatic N) is 3. The zero-order valence-corrected chi connectivity index (χ0v) is 23.5. The average Bonchev–Trinajstić information content (AvgIpc) is 3.74. The summed E-state index contributed by atoms with van der Waals surface area (Å²) in [6, 6.07) is 19.6. The summed E-state index contributed by atoms with van der Waals surface area (Å²) >= 11 is 5.96. The van der Waals surface area contributed by atoms with E-state index >= 15 is 0 Å². The molecule has 0 atom stereocenters. The van der Waals surface area contributed by atoms with Gasteiger partial charge in [-0.2, -0.15) is 0 Å². The number of benzene rings is 3. The second-order valence-corrected chi connectivity index (χ2v) is 10.5. The van der Waals surface area contributed by atoms with E-state index in [4.69, 9.17) is 16.3 Å². The van der Waals surface area contributed by atoms with E-state index in [2.05, 4.69) is 11.1 Å². The number of carbonyl (C=O) groups excluding carboxylic acids is 2. The Hall–Kier alpha value is -4.37. The number of hydrogen-bond acceptors (Lipinski definition) is 5. The Morgan fingerprint density at radius 3 is 2.56 bits per heavy atom. The van der Waals surface area contributed by atoms with Gasteiger partial charge >= 0.3 is 0 Å². The molecule has 0 spiro atoms. The van der Waals surface area contributed by atoms with Crippen molar-refractivity contribution in [2.24, 2.45) is 0 Å². The number of H-pyrrole nitrogens is 1. The summed E-state index contributed by atoms with van der Waals surface area (Å²) in [6.07, 6.45) is 4.16. The second kappa shape index (κ2) is 12.4. The van der Waals surface area contributed by atoms with Crippen molar-refractivity contribution in [1.82, 2.24) is 14.8 Å². The summed E-state index contributed by atoms with van der Waals surface area (Å²) in [5, 5.41) is 12.5. The largest absolute Gasteiger partial charge is 0.494 e. The van der Waals surface area contributed by atoms with Crippen LogP contribution in [0.4, 0.5) is 5.69 Å². The quantitative estimate of drug-likeness (QED) is 0.165. The van der Waals surface area contributed by atoms with E-state index in [-0.39, 0.29) is 34.8 Å². The van der Waals surface area contributed by atoms with Gasteiger partial charge in [0.25, 0.3) is 11.6 Å². The van der Waals surface area contributed by atoms with Gasteiger partial charge in [-0.15, -0.1) is 0 Å². The van der Waals surface area contributed by atoms with Gasteiger partial charge in [-0.05, 0) is 67.6 Å². The molecule has 1 saturated carbocycles. The Bertz CT molecular complexity index is 1560. The minimum atomic E-state index is -0.616. The molecule has 5 rings (SSSR count). The van der Waals surface area contributed by atoms with Crippen LogP contribution >= 0.6 is 11.6 Å². The van der Waals surface area contributed by atoms with Crippen LogP contribution < -0.4 is 4.74 Å². The molecule has 0 unspecified atom stereocenters. The van der Waals surface area contributed by atoms with Crippen LogP contribution in [-0.2, 0) is 17.8 Å². The number of hydrogen-bond donors (Lipinski definition) is 1. The van der Waals surface area contributed by atoms with Crippen LogP contribution in [0.3, 0.4) is 0 Å². The van der Waals surface area contributed by atoms with E-state index in [9.17, 15) is 19.7 Å². The van der Waals surface area contributed by atoms with Crippen molar-refractivity contribution in [2.45, 2.75) is 38.8 Å². The van der Waals surface area contributed by atoms with Crippen LogP contribution in [0.25, 0.3) is 10.9 Å². The summed E-state index contributed by atoms with van der Waals surface area (Å²) in [7, 11) is 0. The zero-order valence-electron chi connectivity index (χ0n) is 22.7. The lowest BCUT2D eigenvalue weighted by molar-refractivity contribution is -0.384. The lowest BCUT2D eigenvalue weighted by atomic mass is 10.1. The molecule has 1 aliphatic rings. The Morgan fingerprint density at radius 2 is 1.85 bits per heavy atom. The van der Waals surface area contributed by atoms with Gasteiger partial charge < -0.3 is 19.5 Å². The van der Waals surface area contributed by atoms with Crippen molar-refractivity contribution in [3.05, 3.63) is 105 Å². The SMILES string of the molecule is CCOc1ccc(CN(CCc2c[nH]c3ccccc23)C(=O)CN(C(=O)c2ccc(Cl)c([N+](=O)[O-])c2)C2CC2)cc1. The summed E-state index contributed by atoms with van der Waals surface area (Å²) in [4.78, 5) is 44.7. The minimum Gasteiger partial charge on any atom is -0.494 e. The van der Waals surface area contributed by atoms with Gasteiger partial charge in [-0.3, -0.25) is 19.7 Å². The molecule has 10 heteroatoms. The van der Waals surface area contributed by atoms with Crippen LogP contribution in [0.1, 0.15) is 41.3 Å². The first-order valence-corrected chi connectivity index (χ1v) is 14.0. The molecule has 0 saturated heterocycles. The average molecular weight is 575 g/mol. The highest BCUT2D eigenvalue weighted by atomic mass is 35.5. The molecule has 2 amide bonds. The Kier molecular flexibility index (Phi) is 8.54. The molecule has 1 aromatic heterocycles. The van der Waals surface area contributed by atoms with E-state index in [1.165, 1.54) is 23.1 Å². The number of ether oxygens (including phenoxy) is 1. The molecule has 0 radical (unpaired) electrons. The van der Waals surface area contributed by atoms with E-state index in [1.54, 1.807) is 4.90 Å². The van der Waals surface area contributed by atoms with Crippen molar-refractivity contribution in [2.75, 3.05) is 19.7 Å². The van der Waals surface area contributed by atoms with Crippen molar-refractivity contribution in [3.8, 4) is 5.75 Å². The molecular formula is C31H31ClN4O5. The third kappa shape index (κ3) is 6.69. The molecule has 1 aliphatic carbocycles. The van der Waals surface area contributed by atoms with Gasteiger partial charge in [-0.1, -0.05) is 41.9 Å². The summed E-state index contributed by atoms with van der Waals surface area (Å²) in [6.45, 7) is 3.19. The molecule has 41 heavy (non-hydrogen) atoms. The predicted molar refractivity (Wildman–Crippen MR) is 157 cm³/mol. The third-order valence-electron chi connectivity index (χ3n) is 7.23. The number of fused-ring (bicyclic) bond motifs is 1. The summed E-state index contributed by atoms with van der Waals surface area (Å²) < 4.78 is 5.56. The standard InChI is InChI=1S/C31H31ClN4O5/c1-2-41-25-12-7-21(8-13-25)19-34(16-15-23-18-33-28-6-4-3-5-26(23)28)30(37)20-35(24-10-11-24)31(38)22-9-14-27(32)29(17-22)36(39)40/h3-9,12-14,17-18,24,33H,2,10-11,15-16,19-20H2,1H3. The highest BCUT2D eigenvalue weighted by Gasteiger charge is 2.36. The van der Waals surface area contributed by atoms with Crippen LogP contribution in [0.15, 0.2) is 72.9 Å².